The molecule has 0 aliphatic heterocycles. The summed E-state index contributed by atoms with van der Waals surface area (Å²) in [5.74, 6) is 0.0424. The van der Waals surface area contributed by atoms with E-state index in [1.165, 1.54) is 0 Å². The van der Waals surface area contributed by atoms with Crippen LogP contribution in [0, 0.1) is 11.3 Å². The van der Waals surface area contributed by atoms with Crippen LogP contribution in [0.5, 0.6) is 0 Å². The average Bonchev–Trinajstić information content (AvgIpc) is 1.62. The first-order valence-corrected chi connectivity index (χ1v) is 3.53. The maximum atomic E-state index is 10.7. The van der Waals surface area contributed by atoms with Crippen LogP contribution in [0.1, 0.15) is 27.7 Å². The highest BCUT2D eigenvalue weighted by molar-refractivity contribution is 7.96. The molecule has 1 unspecified atom stereocenters. The standard InChI is InChI=1S/C7H14OS/c1-5(6(8)9)7(2,3)4/h5H,1-4H3,(H,8,9). The summed E-state index contributed by atoms with van der Waals surface area (Å²) in [7, 11) is 0. The van der Waals surface area contributed by atoms with Crippen molar-refractivity contribution in [3.8, 4) is 0 Å². The van der Waals surface area contributed by atoms with Gasteiger partial charge in [-0.2, -0.15) is 0 Å². The van der Waals surface area contributed by atoms with Gasteiger partial charge in [0.1, 0.15) is 0 Å². The van der Waals surface area contributed by atoms with E-state index in [2.05, 4.69) is 12.6 Å². The molecular weight excluding hydrogens is 132 g/mol. The summed E-state index contributed by atoms with van der Waals surface area (Å²) in [6.45, 7) is 8.00. The Morgan fingerprint density at radius 1 is 1.44 bits per heavy atom. The number of rotatable bonds is 1. The van der Waals surface area contributed by atoms with E-state index in [-0.39, 0.29) is 16.4 Å². The smallest absolute Gasteiger partial charge is 0.189 e. The highest BCUT2D eigenvalue weighted by Gasteiger charge is 2.23. The van der Waals surface area contributed by atoms with Crippen molar-refractivity contribution in [2.75, 3.05) is 0 Å². The van der Waals surface area contributed by atoms with Gasteiger partial charge in [-0.3, -0.25) is 4.79 Å². The van der Waals surface area contributed by atoms with Crippen LogP contribution in [0.3, 0.4) is 0 Å². The van der Waals surface area contributed by atoms with Gasteiger partial charge in [0.25, 0.3) is 0 Å². The van der Waals surface area contributed by atoms with Gasteiger partial charge >= 0.3 is 0 Å². The van der Waals surface area contributed by atoms with Crippen LogP contribution in [-0.4, -0.2) is 5.12 Å². The minimum Gasteiger partial charge on any atom is -0.287 e. The normalized spacial score (nSPS) is 15.2. The molecule has 0 radical (unpaired) electrons. The van der Waals surface area contributed by atoms with Crippen LogP contribution in [0.2, 0.25) is 0 Å². The van der Waals surface area contributed by atoms with E-state index in [1.807, 2.05) is 27.7 Å². The highest BCUT2D eigenvalue weighted by atomic mass is 32.1. The monoisotopic (exact) mass is 146 g/mol. The number of carbonyl (C=O) groups excluding carboxylic acids is 1. The fourth-order valence-corrected chi connectivity index (χ4v) is 0.758. The molecular formula is C7H14OS. The van der Waals surface area contributed by atoms with Gasteiger partial charge in [-0.25, -0.2) is 0 Å². The molecule has 0 aliphatic rings. The van der Waals surface area contributed by atoms with Crippen LogP contribution >= 0.6 is 12.6 Å². The predicted molar refractivity (Wildman–Crippen MR) is 42.6 cm³/mol. The van der Waals surface area contributed by atoms with Gasteiger partial charge in [-0.15, -0.1) is 12.6 Å². The third-order valence-electron chi connectivity index (χ3n) is 1.67. The Bertz CT molecular complexity index is 113. The van der Waals surface area contributed by atoms with Crippen LogP contribution in [0.25, 0.3) is 0 Å². The molecule has 0 saturated carbocycles. The fraction of sp³-hybridized carbons (Fsp3) is 0.857. The third kappa shape index (κ3) is 2.89. The van der Waals surface area contributed by atoms with Crippen molar-refractivity contribution >= 4 is 17.7 Å². The van der Waals surface area contributed by atoms with Crippen LogP contribution < -0.4 is 0 Å². The first-order valence-electron chi connectivity index (χ1n) is 3.08. The summed E-state index contributed by atoms with van der Waals surface area (Å²) in [4.78, 5) is 10.7. The summed E-state index contributed by atoms with van der Waals surface area (Å²) in [5.41, 5.74) is 0.0544. The van der Waals surface area contributed by atoms with Crippen LogP contribution in [0.4, 0.5) is 0 Å². The molecule has 0 rings (SSSR count). The Morgan fingerprint density at radius 3 is 1.78 bits per heavy atom. The molecule has 2 heteroatoms. The Hall–Kier alpha value is 0.0200. The van der Waals surface area contributed by atoms with Gasteiger partial charge in [0.05, 0.1) is 0 Å². The van der Waals surface area contributed by atoms with E-state index in [0.29, 0.717) is 0 Å². The fourth-order valence-electron chi connectivity index (χ4n) is 0.370. The molecule has 0 aromatic carbocycles. The molecule has 0 amide bonds. The Morgan fingerprint density at radius 2 is 1.78 bits per heavy atom. The molecule has 0 aliphatic carbocycles. The topological polar surface area (TPSA) is 17.1 Å². The molecule has 0 saturated heterocycles. The van der Waals surface area contributed by atoms with E-state index >= 15 is 0 Å². The Labute approximate surface area is 62.2 Å². The van der Waals surface area contributed by atoms with Gasteiger partial charge in [0, 0.05) is 5.92 Å². The molecule has 0 N–H and O–H groups in total. The van der Waals surface area contributed by atoms with Crippen molar-refractivity contribution in [2.45, 2.75) is 27.7 Å². The van der Waals surface area contributed by atoms with Crippen molar-refractivity contribution in [3.05, 3.63) is 0 Å². The van der Waals surface area contributed by atoms with E-state index < -0.39 is 0 Å². The van der Waals surface area contributed by atoms with Crippen molar-refractivity contribution in [3.63, 3.8) is 0 Å². The molecule has 0 aromatic heterocycles. The first kappa shape index (κ1) is 9.02. The average molecular weight is 146 g/mol. The van der Waals surface area contributed by atoms with Gasteiger partial charge in [-0.1, -0.05) is 27.7 Å². The quantitative estimate of drug-likeness (QED) is 0.561. The lowest BCUT2D eigenvalue weighted by atomic mass is 9.83. The summed E-state index contributed by atoms with van der Waals surface area (Å²) < 4.78 is 0. The van der Waals surface area contributed by atoms with Crippen LogP contribution in [-0.2, 0) is 4.79 Å². The predicted octanol–water partition coefficient (Wildman–Crippen LogP) is 2.12. The van der Waals surface area contributed by atoms with Crippen molar-refractivity contribution in [1.29, 1.82) is 0 Å². The largest absolute Gasteiger partial charge is 0.287 e. The van der Waals surface area contributed by atoms with Crippen molar-refractivity contribution in [2.24, 2.45) is 11.3 Å². The molecule has 0 spiro atoms. The van der Waals surface area contributed by atoms with E-state index in [9.17, 15) is 4.79 Å². The van der Waals surface area contributed by atoms with Gasteiger partial charge in [0.15, 0.2) is 5.12 Å². The zero-order valence-electron chi connectivity index (χ0n) is 6.43. The van der Waals surface area contributed by atoms with Gasteiger partial charge < -0.3 is 0 Å². The Balaban J connectivity index is 4.04. The Kier molecular flexibility index (Phi) is 2.74. The maximum Gasteiger partial charge on any atom is 0.189 e. The highest BCUT2D eigenvalue weighted by Crippen LogP contribution is 2.26. The van der Waals surface area contributed by atoms with E-state index in [4.69, 9.17) is 0 Å². The van der Waals surface area contributed by atoms with Gasteiger partial charge in [0.2, 0.25) is 0 Å². The number of thiol groups is 1. The molecule has 0 fully saturated rings. The summed E-state index contributed by atoms with van der Waals surface area (Å²) in [6.07, 6.45) is 0. The summed E-state index contributed by atoms with van der Waals surface area (Å²) >= 11 is 3.75. The molecule has 0 heterocycles. The SMILES string of the molecule is CC(C(=O)S)C(C)(C)C. The molecule has 0 bridgehead atoms. The second-order valence-electron chi connectivity index (χ2n) is 3.43. The molecule has 0 aromatic rings. The third-order valence-corrected chi connectivity index (χ3v) is 2.06. The lowest BCUT2D eigenvalue weighted by molar-refractivity contribution is -0.116. The number of carbonyl (C=O) groups is 1. The molecule has 9 heavy (non-hydrogen) atoms. The second-order valence-corrected chi connectivity index (χ2v) is 3.87. The lowest BCUT2D eigenvalue weighted by Gasteiger charge is -2.23. The zero-order chi connectivity index (χ0) is 7.65. The van der Waals surface area contributed by atoms with Crippen molar-refractivity contribution in [1.82, 2.24) is 0 Å². The second kappa shape index (κ2) is 2.74. The van der Waals surface area contributed by atoms with E-state index in [0.717, 1.165) is 0 Å². The molecule has 1 nitrogen and oxygen atoms in total. The van der Waals surface area contributed by atoms with Gasteiger partial charge in [-0.05, 0) is 5.41 Å². The van der Waals surface area contributed by atoms with Crippen molar-refractivity contribution < 1.29 is 4.79 Å². The lowest BCUT2D eigenvalue weighted by Crippen LogP contribution is -2.22. The van der Waals surface area contributed by atoms with Crippen LogP contribution in [0.15, 0.2) is 0 Å². The summed E-state index contributed by atoms with van der Waals surface area (Å²) in [5, 5.41) is -0.0255. The number of hydrogen-bond donors (Lipinski definition) is 1. The first-order chi connectivity index (χ1) is 3.85. The van der Waals surface area contributed by atoms with E-state index in [1.54, 1.807) is 0 Å². The zero-order valence-corrected chi connectivity index (χ0v) is 7.33. The molecule has 1 atom stereocenters. The minimum absolute atomic E-state index is 0.0255. The number of hydrogen-bond acceptors (Lipinski definition) is 1. The summed E-state index contributed by atoms with van der Waals surface area (Å²) in [6, 6.07) is 0. The maximum absolute atomic E-state index is 10.7. The molecule has 54 valence electrons. The minimum atomic E-state index is -0.0255.